The Morgan fingerprint density at radius 3 is 1.06 bits per heavy atom. The third kappa shape index (κ3) is 4.26. The Hall–Kier alpha value is -7.02. The first kappa shape index (κ1) is 29.5. The fourth-order valence-corrected chi connectivity index (χ4v) is 9.42. The van der Waals surface area contributed by atoms with Crippen LogP contribution in [0.3, 0.4) is 0 Å². The maximum Gasteiger partial charge on any atom is -0.00201 e. The topological polar surface area (TPSA) is 0 Å². The van der Waals surface area contributed by atoms with Gasteiger partial charge in [-0.2, -0.15) is 0 Å². The highest BCUT2D eigenvalue weighted by Crippen LogP contribution is 2.52. The molecule has 10 aromatic rings. The smallest absolute Gasteiger partial charge is 0.00201 e. The molecular weight excluding hydrogens is 649 g/mol. The van der Waals surface area contributed by atoms with Crippen molar-refractivity contribution in [1.29, 1.82) is 0 Å². The first-order chi connectivity index (χ1) is 26.8. The number of hydrogen-bond acceptors (Lipinski definition) is 0. The zero-order chi connectivity index (χ0) is 35.3. The molecule has 0 nitrogen and oxygen atoms in total. The Bertz CT molecular complexity index is 2970. The third-order valence-electron chi connectivity index (χ3n) is 12.0. The lowest BCUT2D eigenvalue weighted by molar-refractivity contribution is 1.62. The second-order valence-corrected chi connectivity index (χ2v) is 14.8. The Labute approximate surface area is 314 Å². The average Bonchev–Trinajstić information content (AvgIpc) is 3.75. The maximum absolute atomic E-state index is 2.40. The highest BCUT2D eigenvalue weighted by atomic mass is 14.3. The second-order valence-electron chi connectivity index (χ2n) is 14.8. The van der Waals surface area contributed by atoms with Crippen LogP contribution in [-0.2, 0) is 0 Å². The molecule has 0 radical (unpaired) electrons. The van der Waals surface area contributed by atoms with E-state index in [-0.39, 0.29) is 0 Å². The molecule has 0 saturated heterocycles. The van der Waals surface area contributed by atoms with Crippen LogP contribution in [0.4, 0.5) is 0 Å². The van der Waals surface area contributed by atoms with Gasteiger partial charge < -0.3 is 0 Å². The number of fused-ring (bicyclic) bond motifs is 7. The van der Waals surface area contributed by atoms with Crippen LogP contribution in [-0.4, -0.2) is 0 Å². The standard InChI is InChI=1S/C54H32/c1-3-9-34(10-4-1)41-25-27-49-43-23-21-38(31-51(43)47-15-7-13-45(41)53(47)49)36-19-17-33-18-20-37(30-40(33)29-36)39-22-24-44-50-28-26-42(35-11-5-2-6-12-35)46-14-8-16-48(54(46)50)52(44)32-39/h1-32H. The largest absolute Gasteiger partial charge is 0.0622 e. The average molecular weight is 681 g/mol. The van der Waals surface area contributed by atoms with E-state index in [1.54, 1.807) is 0 Å². The molecule has 0 atom stereocenters. The molecule has 54 heavy (non-hydrogen) atoms. The van der Waals surface area contributed by atoms with Gasteiger partial charge in [0, 0.05) is 0 Å². The van der Waals surface area contributed by atoms with E-state index in [1.807, 2.05) is 0 Å². The van der Waals surface area contributed by atoms with Gasteiger partial charge in [-0.3, -0.25) is 0 Å². The second kappa shape index (κ2) is 11.2. The van der Waals surface area contributed by atoms with Crippen molar-refractivity contribution in [2.75, 3.05) is 0 Å². The Kier molecular flexibility index (Phi) is 6.15. The van der Waals surface area contributed by atoms with Gasteiger partial charge in [-0.1, -0.05) is 170 Å². The van der Waals surface area contributed by atoms with Gasteiger partial charge in [-0.05, 0) is 146 Å². The fourth-order valence-electron chi connectivity index (χ4n) is 9.42. The van der Waals surface area contributed by atoms with E-state index in [0.717, 1.165) is 0 Å². The quantitative estimate of drug-likeness (QED) is 0.174. The van der Waals surface area contributed by atoms with E-state index in [0.29, 0.717) is 0 Å². The highest BCUT2D eigenvalue weighted by molar-refractivity contribution is 6.20. The Balaban J connectivity index is 0.924. The number of hydrogen-bond donors (Lipinski definition) is 0. The van der Waals surface area contributed by atoms with Crippen LogP contribution in [0.15, 0.2) is 194 Å². The molecule has 0 heteroatoms. The SMILES string of the molecule is c1ccc(-c2ccc3c4c(cccc24)-c2cc(-c4ccc5ccc(-c6ccc7c(c6)-c6cccc8c(-c9ccccc9)ccc-7c68)cc5c4)ccc2-3)cc1. The van der Waals surface area contributed by atoms with Crippen LogP contribution in [0.5, 0.6) is 0 Å². The zero-order valence-corrected chi connectivity index (χ0v) is 29.5. The minimum Gasteiger partial charge on any atom is -0.0622 e. The van der Waals surface area contributed by atoms with Crippen LogP contribution in [0.2, 0.25) is 0 Å². The summed E-state index contributed by atoms with van der Waals surface area (Å²) in [5.41, 5.74) is 20.6. The molecule has 0 saturated carbocycles. The van der Waals surface area contributed by atoms with Crippen LogP contribution in [0.1, 0.15) is 0 Å². The molecule has 0 aromatic heterocycles. The first-order valence-corrected chi connectivity index (χ1v) is 18.8. The minimum atomic E-state index is 1.24. The van der Waals surface area contributed by atoms with E-state index in [9.17, 15) is 0 Å². The summed E-state index contributed by atoms with van der Waals surface area (Å²) in [6.45, 7) is 0. The van der Waals surface area contributed by atoms with Gasteiger partial charge in [0.25, 0.3) is 0 Å². The van der Waals surface area contributed by atoms with Crippen molar-refractivity contribution in [1.82, 2.24) is 0 Å². The molecule has 0 N–H and O–H groups in total. The van der Waals surface area contributed by atoms with Gasteiger partial charge in [-0.15, -0.1) is 0 Å². The summed E-state index contributed by atoms with van der Waals surface area (Å²) in [6.07, 6.45) is 0. The lowest BCUT2D eigenvalue weighted by Gasteiger charge is -2.10. The predicted molar refractivity (Wildman–Crippen MR) is 230 cm³/mol. The highest BCUT2D eigenvalue weighted by Gasteiger charge is 2.25. The lowest BCUT2D eigenvalue weighted by atomic mass is 9.93. The lowest BCUT2D eigenvalue weighted by Crippen LogP contribution is -1.85. The van der Waals surface area contributed by atoms with Gasteiger partial charge >= 0.3 is 0 Å². The minimum absolute atomic E-state index is 1.24. The monoisotopic (exact) mass is 680 g/mol. The van der Waals surface area contributed by atoms with Gasteiger partial charge in [0.05, 0.1) is 0 Å². The van der Waals surface area contributed by atoms with Crippen LogP contribution < -0.4 is 0 Å². The normalized spacial score (nSPS) is 12.1. The van der Waals surface area contributed by atoms with Crippen molar-refractivity contribution in [3.63, 3.8) is 0 Å². The fraction of sp³-hybridized carbons (Fsp3) is 0. The van der Waals surface area contributed by atoms with E-state index < -0.39 is 0 Å². The van der Waals surface area contributed by atoms with E-state index in [1.165, 1.54) is 121 Å². The van der Waals surface area contributed by atoms with Crippen molar-refractivity contribution >= 4 is 32.3 Å². The zero-order valence-electron chi connectivity index (χ0n) is 29.5. The maximum atomic E-state index is 2.40. The van der Waals surface area contributed by atoms with Crippen molar-refractivity contribution in [3.05, 3.63) is 194 Å². The third-order valence-corrected chi connectivity index (χ3v) is 12.0. The molecule has 0 heterocycles. The van der Waals surface area contributed by atoms with E-state index in [4.69, 9.17) is 0 Å². The molecule has 0 fully saturated rings. The molecule has 0 bridgehead atoms. The van der Waals surface area contributed by atoms with E-state index in [2.05, 4.69) is 194 Å². The van der Waals surface area contributed by atoms with Gasteiger partial charge in [0.2, 0.25) is 0 Å². The van der Waals surface area contributed by atoms with Crippen LogP contribution in [0, 0.1) is 0 Å². The molecule has 0 aliphatic heterocycles. The summed E-state index contributed by atoms with van der Waals surface area (Å²) in [6, 6.07) is 72.2. The molecule has 0 amide bonds. The van der Waals surface area contributed by atoms with Gasteiger partial charge in [-0.25, -0.2) is 0 Å². The molecule has 248 valence electrons. The molecule has 2 aliphatic rings. The van der Waals surface area contributed by atoms with Gasteiger partial charge in [0.1, 0.15) is 0 Å². The van der Waals surface area contributed by atoms with Gasteiger partial charge in [0.15, 0.2) is 0 Å². The van der Waals surface area contributed by atoms with E-state index >= 15 is 0 Å². The van der Waals surface area contributed by atoms with Crippen molar-refractivity contribution in [2.24, 2.45) is 0 Å². The first-order valence-electron chi connectivity index (χ1n) is 18.8. The number of rotatable bonds is 4. The Morgan fingerprint density at radius 1 is 0.185 bits per heavy atom. The molecular formula is C54H32. The van der Waals surface area contributed by atoms with Crippen molar-refractivity contribution in [3.8, 4) is 89.0 Å². The molecule has 10 aromatic carbocycles. The summed E-state index contributed by atoms with van der Waals surface area (Å²) in [5, 5.41) is 7.86. The predicted octanol–water partition coefficient (Wildman–Crippen LogP) is 15.1. The summed E-state index contributed by atoms with van der Waals surface area (Å²) in [4.78, 5) is 0. The molecule has 0 unspecified atom stereocenters. The summed E-state index contributed by atoms with van der Waals surface area (Å²) >= 11 is 0. The van der Waals surface area contributed by atoms with Crippen LogP contribution >= 0.6 is 0 Å². The molecule has 0 spiro atoms. The van der Waals surface area contributed by atoms with Crippen molar-refractivity contribution < 1.29 is 0 Å². The molecule has 12 rings (SSSR count). The summed E-state index contributed by atoms with van der Waals surface area (Å²) in [7, 11) is 0. The van der Waals surface area contributed by atoms with Crippen molar-refractivity contribution in [2.45, 2.75) is 0 Å². The summed E-state index contributed by atoms with van der Waals surface area (Å²) in [5.74, 6) is 0. The Morgan fingerprint density at radius 2 is 0.574 bits per heavy atom. The number of benzene rings is 10. The summed E-state index contributed by atoms with van der Waals surface area (Å²) < 4.78 is 0. The van der Waals surface area contributed by atoms with Crippen LogP contribution in [0.25, 0.3) is 121 Å². The molecule has 2 aliphatic carbocycles.